The fraction of sp³-hybridized carbons (Fsp3) is 0.500. The molecule has 8 nitrogen and oxygen atoms in total. The van der Waals surface area contributed by atoms with Crippen molar-refractivity contribution in [3.63, 3.8) is 0 Å². The van der Waals surface area contributed by atoms with Crippen molar-refractivity contribution < 1.29 is 14.4 Å². The van der Waals surface area contributed by atoms with Crippen LogP contribution in [-0.4, -0.2) is 49.0 Å². The molecule has 0 bridgehead atoms. The van der Waals surface area contributed by atoms with Gasteiger partial charge in [-0.15, -0.1) is 11.3 Å². The standard InChI is InChI=1S/C20H25N5O3S/c1-12-10-17(28-23-12)15-11-21-25(8-9-26)18(15)16-6-4-5-7-24(16)20(27)19-13(2)22-14(3)29-19/h10-11,16,26H,4-9H2,1-3H3/t16-/m1/s1. The Bertz CT molecular complexity index is 1020. The van der Waals surface area contributed by atoms with E-state index in [0.29, 0.717) is 23.7 Å². The topological polar surface area (TPSA) is 97.3 Å². The molecule has 3 aromatic rings. The van der Waals surface area contributed by atoms with Gasteiger partial charge in [-0.3, -0.25) is 9.48 Å². The summed E-state index contributed by atoms with van der Waals surface area (Å²) in [5.74, 6) is 0.638. The molecule has 9 heteroatoms. The molecule has 1 atom stereocenters. The second-order valence-corrected chi connectivity index (χ2v) is 8.58. The average Bonchev–Trinajstić information content (AvgIpc) is 3.40. The van der Waals surface area contributed by atoms with Crippen molar-refractivity contribution in [3.05, 3.63) is 39.2 Å². The number of likely N-dealkylation sites (tertiary alicyclic amines) is 1. The molecule has 3 aromatic heterocycles. The summed E-state index contributed by atoms with van der Waals surface area (Å²) in [7, 11) is 0. The van der Waals surface area contributed by atoms with Gasteiger partial charge in [-0.25, -0.2) is 4.98 Å². The van der Waals surface area contributed by atoms with Crippen molar-refractivity contribution in [2.45, 2.75) is 52.6 Å². The van der Waals surface area contributed by atoms with Gasteiger partial charge >= 0.3 is 0 Å². The first-order valence-electron chi connectivity index (χ1n) is 9.85. The summed E-state index contributed by atoms with van der Waals surface area (Å²) in [6, 6.07) is 1.72. The number of rotatable bonds is 5. The van der Waals surface area contributed by atoms with Crippen LogP contribution < -0.4 is 0 Å². The molecule has 4 rings (SSSR count). The summed E-state index contributed by atoms with van der Waals surface area (Å²) < 4.78 is 7.28. The fourth-order valence-electron chi connectivity index (χ4n) is 4.02. The number of amides is 1. The zero-order valence-corrected chi connectivity index (χ0v) is 17.7. The highest BCUT2D eigenvalue weighted by Gasteiger charge is 2.35. The number of hydrogen-bond acceptors (Lipinski definition) is 7. The van der Waals surface area contributed by atoms with Crippen LogP contribution in [-0.2, 0) is 6.54 Å². The third-order valence-electron chi connectivity index (χ3n) is 5.26. The van der Waals surface area contributed by atoms with Gasteiger partial charge in [0.05, 0.1) is 53.0 Å². The van der Waals surface area contributed by atoms with Crippen LogP contribution in [0.2, 0.25) is 0 Å². The number of carbonyl (C=O) groups is 1. The van der Waals surface area contributed by atoms with Crippen LogP contribution in [0.25, 0.3) is 11.3 Å². The monoisotopic (exact) mass is 415 g/mol. The molecule has 1 N–H and O–H groups in total. The van der Waals surface area contributed by atoms with E-state index in [2.05, 4.69) is 15.2 Å². The molecule has 4 heterocycles. The van der Waals surface area contributed by atoms with Crippen molar-refractivity contribution in [2.75, 3.05) is 13.2 Å². The van der Waals surface area contributed by atoms with E-state index in [-0.39, 0.29) is 18.6 Å². The number of piperidine rings is 1. The molecule has 154 valence electrons. The lowest BCUT2D eigenvalue weighted by Gasteiger charge is -2.36. The van der Waals surface area contributed by atoms with E-state index in [1.54, 1.807) is 10.9 Å². The maximum Gasteiger partial charge on any atom is 0.266 e. The molecule has 1 aliphatic heterocycles. The molecule has 0 saturated carbocycles. The molecule has 0 aromatic carbocycles. The van der Waals surface area contributed by atoms with E-state index in [1.807, 2.05) is 31.7 Å². The Labute approximate surface area is 173 Å². The number of carbonyl (C=O) groups excluding carboxylic acids is 1. The third-order valence-corrected chi connectivity index (χ3v) is 6.32. The molecule has 0 spiro atoms. The Morgan fingerprint density at radius 2 is 2.17 bits per heavy atom. The molecule has 1 saturated heterocycles. The average molecular weight is 416 g/mol. The number of nitrogens with zero attached hydrogens (tertiary/aromatic N) is 5. The Morgan fingerprint density at radius 3 is 2.83 bits per heavy atom. The highest BCUT2D eigenvalue weighted by molar-refractivity contribution is 7.13. The second-order valence-electron chi connectivity index (χ2n) is 7.38. The van der Waals surface area contributed by atoms with Gasteiger partial charge in [0, 0.05) is 12.6 Å². The van der Waals surface area contributed by atoms with Gasteiger partial charge in [0.1, 0.15) is 4.88 Å². The van der Waals surface area contributed by atoms with E-state index < -0.39 is 0 Å². The molecular formula is C20H25N5O3S. The van der Waals surface area contributed by atoms with Gasteiger partial charge in [0.2, 0.25) is 0 Å². The minimum absolute atomic E-state index is 0.00856. The normalized spacial score (nSPS) is 17.1. The Kier molecular flexibility index (Phi) is 5.51. The van der Waals surface area contributed by atoms with Crippen LogP contribution in [0.1, 0.15) is 57.1 Å². The zero-order valence-electron chi connectivity index (χ0n) is 16.9. The Balaban J connectivity index is 1.77. The first-order chi connectivity index (χ1) is 14.0. The molecule has 1 amide bonds. The number of aromatic nitrogens is 4. The smallest absolute Gasteiger partial charge is 0.266 e. The predicted octanol–water partition coefficient (Wildman–Crippen LogP) is 3.28. The van der Waals surface area contributed by atoms with Crippen LogP contribution in [0.5, 0.6) is 0 Å². The van der Waals surface area contributed by atoms with E-state index in [0.717, 1.165) is 46.9 Å². The first kappa shape index (κ1) is 19.8. The van der Waals surface area contributed by atoms with Gasteiger partial charge in [0.15, 0.2) is 5.76 Å². The SMILES string of the molecule is Cc1cc(-c2cnn(CCO)c2[C@H]2CCCCN2C(=O)c2sc(C)nc2C)on1. The molecule has 0 unspecified atom stereocenters. The van der Waals surface area contributed by atoms with Gasteiger partial charge in [-0.05, 0) is 40.0 Å². The minimum Gasteiger partial charge on any atom is -0.394 e. The maximum atomic E-state index is 13.4. The molecule has 29 heavy (non-hydrogen) atoms. The van der Waals surface area contributed by atoms with Gasteiger partial charge < -0.3 is 14.5 Å². The van der Waals surface area contributed by atoms with Gasteiger partial charge in [-0.2, -0.15) is 5.10 Å². The molecule has 0 aliphatic carbocycles. The zero-order chi connectivity index (χ0) is 20.5. The highest BCUT2D eigenvalue weighted by Crippen LogP contribution is 2.38. The minimum atomic E-state index is -0.146. The van der Waals surface area contributed by atoms with Crippen molar-refractivity contribution in [1.82, 2.24) is 24.8 Å². The van der Waals surface area contributed by atoms with E-state index in [4.69, 9.17) is 4.52 Å². The quantitative estimate of drug-likeness (QED) is 0.687. The summed E-state index contributed by atoms with van der Waals surface area (Å²) >= 11 is 1.44. The molecule has 1 fully saturated rings. The number of aryl methyl sites for hydroxylation is 3. The molecule has 0 radical (unpaired) electrons. The second kappa shape index (κ2) is 8.08. The van der Waals surface area contributed by atoms with Crippen molar-refractivity contribution >= 4 is 17.2 Å². The fourth-order valence-corrected chi connectivity index (χ4v) is 4.89. The van der Waals surface area contributed by atoms with Crippen LogP contribution in [0.15, 0.2) is 16.8 Å². The largest absolute Gasteiger partial charge is 0.394 e. The first-order valence-corrected chi connectivity index (χ1v) is 10.7. The molecular weight excluding hydrogens is 390 g/mol. The van der Waals surface area contributed by atoms with Gasteiger partial charge in [-0.1, -0.05) is 5.16 Å². The summed E-state index contributed by atoms with van der Waals surface area (Å²) in [5, 5.41) is 18.9. The van der Waals surface area contributed by atoms with Crippen LogP contribution in [0.3, 0.4) is 0 Å². The van der Waals surface area contributed by atoms with Gasteiger partial charge in [0.25, 0.3) is 5.91 Å². The lowest BCUT2D eigenvalue weighted by molar-refractivity contribution is 0.0603. The lowest BCUT2D eigenvalue weighted by Crippen LogP contribution is -2.39. The Morgan fingerprint density at radius 1 is 1.34 bits per heavy atom. The maximum absolute atomic E-state index is 13.4. The van der Waals surface area contributed by atoms with Crippen molar-refractivity contribution in [1.29, 1.82) is 0 Å². The Hall–Kier alpha value is -2.52. The number of aliphatic hydroxyl groups excluding tert-OH is 1. The number of aliphatic hydroxyl groups is 1. The number of hydrogen-bond donors (Lipinski definition) is 1. The number of thiazole rings is 1. The van der Waals surface area contributed by atoms with Crippen LogP contribution in [0.4, 0.5) is 0 Å². The van der Waals surface area contributed by atoms with E-state index in [9.17, 15) is 9.90 Å². The lowest BCUT2D eigenvalue weighted by atomic mass is 9.95. The van der Waals surface area contributed by atoms with E-state index in [1.165, 1.54) is 11.3 Å². The van der Waals surface area contributed by atoms with Crippen LogP contribution in [0, 0.1) is 20.8 Å². The summed E-state index contributed by atoms with van der Waals surface area (Å²) in [6.45, 7) is 6.68. The predicted molar refractivity (Wildman–Crippen MR) is 109 cm³/mol. The third kappa shape index (κ3) is 3.72. The summed E-state index contributed by atoms with van der Waals surface area (Å²) in [5.41, 5.74) is 3.27. The van der Waals surface area contributed by atoms with E-state index >= 15 is 0 Å². The van der Waals surface area contributed by atoms with Crippen molar-refractivity contribution in [3.8, 4) is 11.3 Å². The van der Waals surface area contributed by atoms with Crippen LogP contribution >= 0.6 is 11.3 Å². The summed E-state index contributed by atoms with van der Waals surface area (Å²) in [4.78, 5) is 20.5. The van der Waals surface area contributed by atoms with Crippen molar-refractivity contribution in [2.24, 2.45) is 0 Å². The molecule has 1 aliphatic rings. The highest BCUT2D eigenvalue weighted by atomic mass is 32.1. The summed E-state index contributed by atoms with van der Waals surface area (Å²) in [6.07, 6.45) is 4.56.